The van der Waals surface area contributed by atoms with Crippen LogP contribution in [0.25, 0.3) is 0 Å². The lowest BCUT2D eigenvalue weighted by molar-refractivity contribution is -0.147. The first-order valence-corrected chi connectivity index (χ1v) is 6.52. The Morgan fingerprint density at radius 2 is 2.37 bits per heavy atom. The first kappa shape index (κ1) is 14.0. The minimum absolute atomic E-state index is 0.0887. The maximum Gasteiger partial charge on any atom is 0.253 e. The quantitative estimate of drug-likeness (QED) is 0.760. The third kappa shape index (κ3) is 3.30. The number of aryl methyl sites for hydroxylation is 2. The van der Waals surface area contributed by atoms with Crippen LogP contribution >= 0.6 is 0 Å². The number of aromatic nitrogens is 3. The number of hydrogen-bond acceptors (Lipinski definition) is 5. The van der Waals surface area contributed by atoms with Crippen molar-refractivity contribution in [1.82, 2.24) is 25.4 Å². The highest BCUT2D eigenvalue weighted by atomic mass is 16.5. The van der Waals surface area contributed by atoms with Crippen molar-refractivity contribution >= 4 is 5.91 Å². The zero-order chi connectivity index (χ0) is 13.9. The Hall–Kier alpha value is -1.47. The molecule has 2 N–H and O–H groups in total. The molecule has 0 bridgehead atoms. The zero-order valence-electron chi connectivity index (χ0n) is 11.7. The molecule has 0 unspecified atom stereocenters. The van der Waals surface area contributed by atoms with E-state index < -0.39 is 5.60 Å². The molecule has 0 aromatic carbocycles. The molecule has 19 heavy (non-hydrogen) atoms. The van der Waals surface area contributed by atoms with Crippen LogP contribution in [-0.2, 0) is 16.1 Å². The van der Waals surface area contributed by atoms with E-state index in [-0.39, 0.29) is 5.91 Å². The average Bonchev–Trinajstić information content (AvgIpc) is 2.69. The summed E-state index contributed by atoms with van der Waals surface area (Å²) in [6.07, 6.45) is 0. The number of ether oxygens (including phenoxy) is 1. The van der Waals surface area contributed by atoms with Crippen molar-refractivity contribution < 1.29 is 9.53 Å². The van der Waals surface area contributed by atoms with Crippen molar-refractivity contribution in [3.8, 4) is 0 Å². The second-order valence-corrected chi connectivity index (χ2v) is 4.94. The molecule has 7 heteroatoms. The lowest BCUT2D eigenvalue weighted by Gasteiger charge is -2.32. The summed E-state index contributed by atoms with van der Waals surface area (Å²) >= 11 is 0. The molecular formula is C12H21N5O2. The molecule has 1 amide bonds. The number of morpholine rings is 1. The summed E-state index contributed by atoms with van der Waals surface area (Å²) in [6.45, 7) is 8.58. The van der Waals surface area contributed by atoms with Gasteiger partial charge >= 0.3 is 0 Å². The predicted octanol–water partition coefficient (Wildman–Crippen LogP) is -0.610. The van der Waals surface area contributed by atoms with Crippen molar-refractivity contribution in [2.45, 2.75) is 32.9 Å². The van der Waals surface area contributed by atoms with Crippen LogP contribution in [0.1, 0.15) is 18.6 Å². The molecule has 1 aliphatic heterocycles. The van der Waals surface area contributed by atoms with Crippen LogP contribution in [0.2, 0.25) is 0 Å². The smallest absolute Gasteiger partial charge is 0.253 e. The Bertz CT molecular complexity index is 451. The number of nitrogens with zero attached hydrogens (tertiary/aromatic N) is 3. The predicted molar refractivity (Wildman–Crippen MR) is 69.7 cm³/mol. The summed E-state index contributed by atoms with van der Waals surface area (Å²) < 4.78 is 7.34. The molecule has 0 spiro atoms. The second kappa shape index (κ2) is 5.66. The molecule has 1 aromatic heterocycles. The van der Waals surface area contributed by atoms with E-state index in [2.05, 4.69) is 20.7 Å². The number of nitrogens with one attached hydrogen (secondary N) is 2. The topological polar surface area (TPSA) is 81.1 Å². The van der Waals surface area contributed by atoms with E-state index >= 15 is 0 Å². The van der Waals surface area contributed by atoms with Gasteiger partial charge in [0.15, 0.2) is 5.60 Å². The molecule has 106 valence electrons. The average molecular weight is 267 g/mol. The Balaban J connectivity index is 1.82. The monoisotopic (exact) mass is 267 g/mol. The summed E-state index contributed by atoms with van der Waals surface area (Å²) in [5, 5.41) is 10.3. The lowest BCUT2D eigenvalue weighted by atomic mass is 10.0. The minimum Gasteiger partial charge on any atom is -0.363 e. The molecule has 1 aliphatic rings. The maximum absolute atomic E-state index is 12.1. The first-order chi connectivity index (χ1) is 9.01. The van der Waals surface area contributed by atoms with Crippen LogP contribution in [0.3, 0.4) is 0 Å². The van der Waals surface area contributed by atoms with Gasteiger partial charge in [-0.25, -0.2) is 9.67 Å². The van der Waals surface area contributed by atoms with Gasteiger partial charge in [-0.1, -0.05) is 0 Å². The third-order valence-electron chi connectivity index (χ3n) is 3.21. The van der Waals surface area contributed by atoms with E-state index in [1.807, 2.05) is 13.8 Å². The normalized spacial score (nSPS) is 23.3. The number of hydrogen-bond donors (Lipinski definition) is 2. The van der Waals surface area contributed by atoms with Gasteiger partial charge in [-0.2, -0.15) is 5.10 Å². The molecule has 1 fully saturated rings. The van der Waals surface area contributed by atoms with Crippen LogP contribution in [-0.4, -0.2) is 52.5 Å². The fraction of sp³-hybridized carbons (Fsp3) is 0.750. The van der Waals surface area contributed by atoms with E-state index in [0.29, 0.717) is 26.2 Å². The second-order valence-electron chi connectivity index (χ2n) is 4.94. The fourth-order valence-electron chi connectivity index (χ4n) is 2.11. The summed E-state index contributed by atoms with van der Waals surface area (Å²) in [6, 6.07) is 0. The number of carbonyl (C=O) groups is 1. The highest BCUT2D eigenvalue weighted by molar-refractivity contribution is 5.85. The standard InChI is InChI=1S/C12H21N5O2/c1-9-15-10(2)17(16-9)6-4-14-11(18)12(3)8-13-5-7-19-12/h13H,4-8H2,1-3H3,(H,14,18)/t12-/m1/s1. The van der Waals surface area contributed by atoms with Crippen molar-refractivity contribution in [2.75, 3.05) is 26.2 Å². The van der Waals surface area contributed by atoms with Crippen molar-refractivity contribution in [3.63, 3.8) is 0 Å². The number of carbonyl (C=O) groups excluding carboxylic acids is 1. The van der Waals surface area contributed by atoms with E-state index in [1.54, 1.807) is 11.6 Å². The Morgan fingerprint density at radius 1 is 1.58 bits per heavy atom. The van der Waals surface area contributed by atoms with Gasteiger partial charge in [0.2, 0.25) is 0 Å². The van der Waals surface area contributed by atoms with Gasteiger partial charge in [0.25, 0.3) is 5.91 Å². The van der Waals surface area contributed by atoms with Gasteiger partial charge in [-0.15, -0.1) is 0 Å². The summed E-state index contributed by atoms with van der Waals surface area (Å²) in [7, 11) is 0. The van der Waals surface area contributed by atoms with Crippen molar-refractivity contribution in [2.24, 2.45) is 0 Å². The van der Waals surface area contributed by atoms with Crippen molar-refractivity contribution in [1.29, 1.82) is 0 Å². The molecule has 1 saturated heterocycles. The van der Waals surface area contributed by atoms with Crippen LogP contribution in [0.5, 0.6) is 0 Å². The van der Waals surface area contributed by atoms with Gasteiger partial charge in [-0.05, 0) is 20.8 Å². The Morgan fingerprint density at radius 3 is 2.95 bits per heavy atom. The van der Waals surface area contributed by atoms with Gasteiger partial charge in [0.05, 0.1) is 13.2 Å². The van der Waals surface area contributed by atoms with Gasteiger partial charge < -0.3 is 15.4 Å². The summed E-state index contributed by atoms with van der Waals surface area (Å²) in [5.74, 6) is 1.51. The molecule has 2 rings (SSSR count). The van der Waals surface area contributed by atoms with Crippen LogP contribution in [0.15, 0.2) is 0 Å². The minimum atomic E-state index is -0.772. The fourth-order valence-corrected chi connectivity index (χ4v) is 2.11. The molecular weight excluding hydrogens is 246 g/mol. The molecule has 0 saturated carbocycles. The highest BCUT2D eigenvalue weighted by Crippen LogP contribution is 2.12. The van der Waals surface area contributed by atoms with E-state index in [4.69, 9.17) is 4.74 Å². The van der Waals surface area contributed by atoms with Gasteiger partial charge in [0.1, 0.15) is 11.6 Å². The maximum atomic E-state index is 12.1. The van der Waals surface area contributed by atoms with E-state index in [1.165, 1.54) is 0 Å². The lowest BCUT2D eigenvalue weighted by Crippen LogP contribution is -2.57. The highest BCUT2D eigenvalue weighted by Gasteiger charge is 2.35. The largest absolute Gasteiger partial charge is 0.363 e. The van der Waals surface area contributed by atoms with Crippen LogP contribution in [0.4, 0.5) is 0 Å². The zero-order valence-corrected chi connectivity index (χ0v) is 11.7. The van der Waals surface area contributed by atoms with E-state index in [0.717, 1.165) is 18.2 Å². The molecule has 2 heterocycles. The molecule has 0 radical (unpaired) electrons. The molecule has 1 aromatic rings. The van der Waals surface area contributed by atoms with E-state index in [9.17, 15) is 4.79 Å². The first-order valence-electron chi connectivity index (χ1n) is 6.52. The van der Waals surface area contributed by atoms with Gasteiger partial charge in [-0.3, -0.25) is 4.79 Å². The van der Waals surface area contributed by atoms with Crippen LogP contribution in [0, 0.1) is 13.8 Å². The number of rotatable bonds is 4. The Labute approximate surface area is 112 Å². The molecule has 7 nitrogen and oxygen atoms in total. The third-order valence-corrected chi connectivity index (χ3v) is 3.21. The Kier molecular flexibility index (Phi) is 4.16. The van der Waals surface area contributed by atoms with Gasteiger partial charge in [0, 0.05) is 19.6 Å². The summed E-state index contributed by atoms with van der Waals surface area (Å²) in [4.78, 5) is 16.3. The SMILES string of the molecule is Cc1nc(C)n(CCNC(=O)[C@@]2(C)CNCCO2)n1. The molecule has 1 atom stereocenters. The molecule has 0 aliphatic carbocycles. The van der Waals surface area contributed by atoms with Crippen LogP contribution < -0.4 is 10.6 Å². The number of amides is 1. The van der Waals surface area contributed by atoms with Crippen molar-refractivity contribution in [3.05, 3.63) is 11.6 Å². The summed E-state index contributed by atoms with van der Waals surface area (Å²) in [5.41, 5.74) is -0.772.